The van der Waals surface area contributed by atoms with E-state index in [-0.39, 0.29) is 17.1 Å². The van der Waals surface area contributed by atoms with Gasteiger partial charge in [0.2, 0.25) is 11.7 Å². The second-order valence-corrected chi connectivity index (χ2v) is 9.45. The summed E-state index contributed by atoms with van der Waals surface area (Å²) in [4.78, 5) is 29.5. The van der Waals surface area contributed by atoms with Gasteiger partial charge in [0.25, 0.3) is 0 Å². The minimum Gasteiger partial charge on any atom is -0.334 e. The molecule has 5 rings (SSSR count). The van der Waals surface area contributed by atoms with Crippen LogP contribution >= 0.6 is 34.8 Å². The molecule has 1 amide bonds. The van der Waals surface area contributed by atoms with Gasteiger partial charge < -0.3 is 14.3 Å². The summed E-state index contributed by atoms with van der Waals surface area (Å²) in [5.74, 6) is -3.50. The van der Waals surface area contributed by atoms with Crippen LogP contribution < -0.4 is 5.32 Å². The second kappa shape index (κ2) is 10.2. The molecule has 192 valence electrons. The average molecular weight is 574 g/mol. The van der Waals surface area contributed by atoms with Crippen molar-refractivity contribution in [2.24, 2.45) is 7.05 Å². The van der Waals surface area contributed by atoms with E-state index < -0.39 is 29.0 Å². The number of nitrogens with one attached hydrogen (secondary N) is 1. The van der Waals surface area contributed by atoms with Crippen LogP contribution in [0.2, 0.25) is 10.0 Å². The number of anilines is 1. The Hall–Kier alpha value is -3.72. The van der Waals surface area contributed by atoms with Crippen LogP contribution in [0.4, 0.5) is 14.5 Å². The Morgan fingerprint density at radius 1 is 1.08 bits per heavy atom. The molecule has 0 radical (unpaired) electrons. The molecule has 2 aromatic carbocycles. The van der Waals surface area contributed by atoms with Crippen molar-refractivity contribution in [2.45, 2.75) is 0 Å². The fourth-order valence-electron chi connectivity index (χ4n) is 4.26. The van der Waals surface area contributed by atoms with Crippen molar-refractivity contribution in [2.75, 3.05) is 11.2 Å². The maximum atomic E-state index is 14.7. The number of hydrogen-bond acceptors (Lipinski definition) is 3. The first-order valence-corrected chi connectivity index (χ1v) is 12.5. The summed E-state index contributed by atoms with van der Waals surface area (Å²) < 4.78 is 32.8. The molecule has 11 heteroatoms. The van der Waals surface area contributed by atoms with E-state index in [1.54, 1.807) is 51.8 Å². The van der Waals surface area contributed by atoms with Gasteiger partial charge in [-0.25, -0.2) is 13.8 Å². The maximum Gasteiger partial charge on any atom is 0.248 e. The molecule has 0 saturated heterocycles. The number of aromatic nitrogens is 3. The van der Waals surface area contributed by atoms with Gasteiger partial charge in [0.05, 0.1) is 33.1 Å². The molecule has 0 spiro atoms. The van der Waals surface area contributed by atoms with Crippen LogP contribution in [0, 0.1) is 11.6 Å². The molecule has 0 saturated carbocycles. The fraction of sp³-hybridized carbons (Fsp3) is 0.0741. The van der Waals surface area contributed by atoms with Crippen molar-refractivity contribution in [1.29, 1.82) is 0 Å². The highest BCUT2D eigenvalue weighted by Gasteiger charge is 2.22. The highest BCUT2D eigenvalue weighted by atomic mass is 35.5. The number of allylic oxidation sites excluding steroid dienone is 1. The molecule has 0 aliphatic carbocycles. The Bertz CT molecular complexity index is 1770. The van der Waals surface area contributed by atoms with Crippen LogP contribution in [0.15, 0.2) is 67.1 Å². The Balaban J connectivity index is 1.56. The summed E-state index contributed by atoms with van der Waals surface area (Å²) in [6.07, 6.45) is 5.67. The normalized spacial score (nSPS) is 11.6. The number of amides is 1. The van der Waals surface area contributed by atoms with Gasteiger partial charge in [0.15, 0.2) is 0 Å². The number of carbonyl (C=O) groups is 2. The predicted molar refractivity (Wildman–Crippen MR) is 145 cm³/mol. The summed E-state index contributed by atoms with van der Waals surface area (Å²) in [6, 6.07) is 10.3. The van der Waals surface area contributed by atoms with Crippen molar-refractivity contribution in [1.82, 2.24) is 14.0 Å². The van der Waals surface area contributed by atoms with Crippen LogP contribution in [-0.2, 0) is 11.8 Å². The summed E-state index contributed by atoms with van der Waals surface area (Å²) in [7, 11) is 1.83. The third-order valence-corrected chi connectivity index (χ3v) is 6.86. The minimum atomic E-state index is -1.09. The largest absolute Gasteiger partial charge is 0.334 e. The summed E-state index contributed by atoms with van der Waals surface area (Å²) in [5, 5.41) is 2.87. The first-order chi connectivity index (χ1) is 18.2. The van der Waals surface area contributed by atoms with E-state index in [9.17, 15) is 18.4 Å². The number of pyridine rings is 1. The molecule has 38 heavy (non-hydrogen) atoms. The van der Waals surface area contributed by atoms with Crippen molar-refractivity contribution >= 4 is 68.7 Å². The minimum absolute atomic E-state index is 0.0645. The maximum absolute atomic E-state index is 14.7. The van der Waals surface area contributed by atoms with Crippen LogP contribution in [-0.4, -0.2) is 31.5 Å². The number of hydrogen-bond donors (Lipinski definition) is 1. The Morgan fingerprint density at radius 3 is 2.53 bits per heavy atom. The lowest BCUT2D eigenvalue weighted by atomic mass is 10.0. The lowest BCUT2D eigenvalue weighted by Crippen LogP contribution is -2.13. The lowest BCUT2D eigenvalue weighted by Gasteiger charge is -2.12. The second-order valence-electron chi connectivity index (χ2n) is 8.36. The van der Waals surface area contributed by atoms with E-state index in [1.807, 2.05) is 7.05 Å². The number of rotatable bonds is 6. The molecule has 6 nitrogen and oxygen atoms in total. The van der Waals surface area contributed by atoms with Gasteiger partial charge in [0.1, 0.15) is 22.8 Å². The third kappa shape index (κ3) is 4.45. The fourth-order valence-corrected chi connectivity index (χ4v) is 5.05. The quantitative estimate of drug-likeness (QED) is 0.135. The third-order valence-electron chi connectivity index (χ3n) is 6.02. The Labute approximate surface area is 230 Å². The molecule has 3 heterocycles. The summed E-state index contributed by atoms with van der Waals surface area (Å²) in [6.45, 7) is 0. The van der Waals surface area contributed by atoms with E-state index in [0.29, 0.717) is 32.2 Å². The number of carbonyl (C=O) groups excluding carboxylic acids is 2. The lowest BCUT2D eigenvalue weighted by molar-refractivity contribution is -0.112. The average Bonchev–Trinajstić information content (AvgIpc) is 3.48. The molecule has 0 aliphatic rings. The van der Waals surface area contributed by atoms with Gasteiger partial charge in [-0.05, 0) is 36.4 Å². The van der Waals surface area contributed by atoms with Crippen molar-refractivity contribution < 1.29 is 18.4 Å². The highest BCUT2D eigenvalue weighted by molar-refractivity contribution is 6.43. The van der Waals surface area contributed by atoms with E-state index in [0.717, 1.165) is 23.7 Å². The number of fused-ring (bicyclic) bond motifs is 2. The van der Waals surface area contributed by atoms with E-state index in [2.05, 4.69) is 10.3 Å². The topological polar surface area (TPSA) is 68.4 Å². The molecule has 0 bridgehead atoms. The Kier molecular flexibility index (Phi) is 6.96. The number of ketones is 1. The summed E-state index contributed by atoms with van der Waals surface area (Å²) >= 11 is 18.8. The molecule has 0 unspecified atom stereocenters. The zero-order valence-corrected chi connectivity index (χ0v) is 21.9. The standard InChI is InChI=1S/C27H17Cl3F2N4O2/c1-35-13-33-26-21(35)12-16(29)23(24(26)30)15-4-3-9-36-19(15)6-7-20(36)27(38)14-10-17(31)25(18(32)11-14)34-22(37)5-2-8-28/h2-7,9-13H,8H2,1H3,(H,34,37)/b5-2+. The van der Waals surface area contributed by atoms with Gasteiger partial charge in [-0.2, -0.15) is 0 Å². The number of imidazole rings is 1. The molecular formula is C27H17Cl3F2N4O2. The molecule has 3 aromatic heterocycles. The predicted octanol–water partition coefficient (Wildman–Crippen LogP) is 7.04. The van der Waals surface area contributed by atoms with Gasteiger partial charge >= 0.3 is 0 Å². The van der Waals surface area contributed by atoms with E-state index >= 15 is 0 Å². The first-order valence-electron chi connectivity index (χ1n) is 11.2. The molecule has 0 atom stereocenters. The number of aryl methyl sites for hydroxylation is 1. The molecule has 1 N–H and O–H groups in total. The number of benzene rings is 2. The van der Waals surface area contributed by atoms with Gasteiger partial charge in [-0.3, -0.25) is 9.59 Å². The SMILES string of the molecule is Cn1cnc2c(Cl)c(-c3cccn4c(C(=O)c5cc(F)c(NC(=O)/C=C/CCl)c(F)c5)ccc34)c(Cl)cc21. The van der Waals surface area contributed by atoms with Crippen LogP contribution in [0.3, 0.4) is 0 Å². The van der Waals surface area contributed by atoms with Crippen LogP contribution in [0.25, 0.3) is 27.7 Å². The smallest absolute Gasteiger partial charge is 0.248 e. The molecule has 0 fully saturated rings. The van der Waals surface area contributed by atoms with Crippen molar-refractivity contribution in [3.8, 4) is 11.1 Å². The van der Waals surface area contributed by atoms with Crippen LogP contribution in [0.5, 0.6) is 0 Å². The van der Waals surface area contributed by atoms with Crippen molar-refractivity contribution in [3.05, 3.63) is 100 Å². The first kappa shape index (κ1) is 25.9. The van der Waals surface area contributed by atoms with Gasteiger partial charge in [-0.15, -0.1) is 11.6 Å². The molecule has 0 aliphatic heterocycles. The van der Waals surface area contributed by atoms with E-state index in [1.165, 1.54) is 6.08 Å². The zero-order chi connectivity index (χ0) is 27.1. The number of alkyl halides is 1. The Morgan fingerprint density at radius 2 is 1.82 bits per heavy atom. The zero-order valence-electron chi connectivity index (χ0n) is 19.6. The number of nitrogens with zero attached hydrogens (tertiary/aromatic N) is 3. The molecule has 5 aromatic rings. The van der Waals surface area contributed by atoms with Crippen LogP contribution in [0.1, 0.15) is 16.1 Å². The van der Waals surface area contributed by atoms with Gasteiger partial charge in [0, 0.05) is 41.9 Å². The van der Waals surface area contributed by atoms with Gasteiger partial charge in [-0.1, -0.05) is 35.3 Å². The monoisotopic (exact) mass is 572 g/mol. The van der Waals surface area contributed by atoms with Crippen molar-refractivity contribution in [3.63, 3.8) is 0 Å². The summed E-state index contributed by atoms with van der Waals surface area (Å²) in [5.41, 5.74) is 2.40. The molecular weight excluding hydrogens is 557 g/mol. The number of halogens is 5. The highest BCUT2D eigenvalue weighted by Crippen LogP contribution is 2.41. The van der Waals surface area contributed by atoms with E-state index in [4.69, 9.17) is 34.8 Å².